The highest BCUT2D eigenvalue weighted by Gasteiger charge is 2.19. The van der Waals surface area contributed by atoms with E-state index in [0.29, 0.717) is 28.8 Å². The Morgan fingerprint density at radius 1 is 0.731 bits per heavy atom. The Bertz CT molecular complexity index is 887. The number of hydrogen-bond donors (Lipinski definition) is 1. The molecule has 6 nitrogen and oxygen atoms in total. The van der Waals surface area contributed by atoms with Gasteiger partial charge in [0.15, 0.2) is 23.0 Å². The molecule has 1 aromatic heterocycles. The molecule has 6 heteroatoms. The first-order valence-electron chi connectivity index (χ1n) is 7.88. The number of rotatable bonds is 6. The summed E-state index contributed by atoms with van der Waals surface area (Å²) >= 11 is 0. The lowest BCUT2D eigenvalue weighted by atomic mass is 10.0. The largest absolute Gasteiger partial charge is 0.504 e. The molecular formula is C20H20O6. The van der Waals surface area contributed by atoms with Crippen molar-refractivity contribution in [3.8, 4) is 51.2 Å². The SMILES string of the molecule is COc1ccc(-c2ccoc2-c2cc(OC)c(OC)c(OC)c2)cc1O. The van der Waals surface area contributed by atoms with Crippen LogP contribution in [0.3, 0.4) is 0 Å². The molecule has 0 atom stereocenters. The van der Waals surface area contributed by atoms with Gasteiger partial charge >= 0.3 is 0 Å². The normalized spacial score (nSPS) is 10.5. The Morgan fingerprint density at radius 2 is 1.38 bits per heavy atom. The Hall–Kier alpha value is -3.28. The molecule has 0 unspecified atom stereocenters. The maximum absolute atomic E-state index is 10.1. The van der Waals surface area contributed by atoms with E-state index in [1.165, 1.54) is 7.11 Å². The molecule has 0 saturated heterocycles. The molecule has 0 aliphatic heterocycles. The van der Waals surface area contributed by atoms with Crippen molar-refractivity contribution in [3.05, 3.63) is 42.7 Å². The summed E-state index contributed by atoms with van der Waals surface area (Å²) in [6, 6.07) is 10.6. The molecule has 1 heterocycles. The van der Waals surface area contributed by atoms with Crippen LogP contribution in [0, 0.1) is 0 Å². The predicted molar refractivity (Wildman–Crippen MR) is 97.5 cm³/mol. The third-order valence-electron chi connectivity index (χ3n) is 4.08. The van der Waals surface area contributed by atoms with Gasteiger partial charge in [-0.1, -0.05) is 6.07 Å². The van der Waals surface area contributed by atoms with Crippen LogP contribution in [-0.2, 0) is 0 Å². The maximum Gasteiger partial charge on any atom is 0.203 e. The molecule has 3 rings (SSSR count). The van der Waals surface area contributed by atoms with Gasteiger partial charge in [0.25, 0.3) is 0 Å². The molecule has 3 aromatic rings. The fraction of sp³-hybridized carbons (Fsp3) is 0.200. The first-order chi connectivity index (χ1) is 12.6. The van der Waals surface area contributed by atoms with Crippen molar-refractivity contribution in [2.24, 2.45) is 0 Å². The van der Waals surface area contributed by atoms with Gasteiger partial charge in [-0.05, 0) is 35.9 Å². The van der Waals surface area contributed by atoms with Gasteiger partial charge in [0, 0.05) is 11.1 Å². The van der Waals surface area contributed by atoms with Gasteiger partial charge in [-0.2, -0.15) is 0 Å². The lowest BCUT2D eigenvalue weighted by molar-refractivity contribution is 0.324. The van der Waals surface area contributed by atoms with Crippen LogP contribution in [0.15, 0.2) is 47.1 Å². The standard InChI is InChI=1S/C20H20O6/c1-22-16-6-5-12(9-15(16)21)14-7-8-26-19(14)13-10-17(23-2)20(25-4)18(11-13)24-3/h5-11,21H,1-4H3. The van der Waals surface area contributed by atoms with Crippen LogP contribution in [0.25, 0.3) is 22.5 Å². The minimum absolute atomic E-state index is 0.0574. The molecule has 0 bridgehead atoms. The molecule has 1 N–H and O–H groups in total. The number of furan rings is 1. The van der Waals surface area contributed by atoms with Crippen molar-refractivity contribution >= 4 is 0 Å². The highest BCUT2D eigenvalue weighted by atomic mass is 16.5. The third-order valence-corrected chi connectivity index (χ3v) is 4.08. The molecule has 0 aliphatic carbocycles. The van der Waals surface area contributed by atoms with E-state index in [4.69, 9.17) is 23.4 Å². The minimum Gasteiger partial charge on any atom is -0.504 e. The smallest absolute Gasteiger partial charge is 0.203 e. The summed E-state index contributed by atoms with van der Waals surface area (Å²) in [5.74, 6) is 2.65. The van der Waals surface area contributed by atoms with Crippen LogP contribution < -0.4 is 18.9 Å². The second-order valence-corrected chi connectivity index (χ2v) is 5.46. The summed E-state index contributed by atoms with van der Waals surface area (Å²) in [6.07, 6.45) is 1.59. The zero-order valence-electron chi connectivity index (χ0n) is 15.0. The molecule has 0 saturated carbocycles. The summed E-state index contributed by atoms with van der Waals surface area (Å²) in [7, 11) is 6.18. The Kier molecular flexibility index (Phi) is 4.93. The van der Waals surface area contributed by atoms with E-state index in [1.54, 1.807) is 39.7 Å². The van der Waals surface area contributed by atoms with Crippen LogP contribution in [0.2, 0.25) is 0 Å². The first kappa shape index (κ1) is 17.5. The van der Waals surface area contributed by atoms with Gasteiger partial charge < -0.3 is 28.5 Å². The second kappa shape index (κ2) is 7.31. The van der Waals surface area contributed by atoms with Crippen molar-refractivity contribution in [2.75, 3.05) is 28.4 Å². The molecule has 0 fully saturated rings. The van der Waals surface area contributed by atoms with E-state index < -0.39 is 0 Å². The van der Waals surface area contributed by atoms with E-state index in [-0.39, 0.29) is 5.75 Å². The minimum atomic E-state index is 0.0574. The van der Waals surface area contributed by atoms with E-state index in [9.17, 15) is 5.11 Å². The molecule has 0 amide bonds. The average Bonchev–Trinajstić information content (AvgIpc) is 3.16. The van der Waals surface area contributed by atoms with Crippen molar-refractivity contribution in [2.45, 2.75) is 0 Å². The van der Waals surface area contributed by atoms with E-state index >= 15 is 0 Å². The number of ether oxygens (including phenoxy) is 4. The molecule has 0 spiro atoms. The Labute approximate surface area is 151 Å². The summed E-state index contributed by atoms with van der Waals surface area (Å²) in [6.45, 7) is 0. The maximum atomic E-state index is 10.1. The molecule has 26 heavy (non-hydrogen) atoms. The van der Waals surface area contributed by atoms with E-state index in [1.807, 2.05) is 24.3 Å². The van der Waals surface area contributed by atoms with Gasteiger partial charge in [-0.3, -0.25) is 0 Å². The summed E-state index contributed by atoms with van der Waals surface area (Å²) in [4.78, 5) is 0. The molecule has 2 aromatic carbocycles. The number of aromatic hydroxyl groups is 1. The van der Waals surface area contributed by atoms with Crippen molar-refractivity contribution < 1.29 is 28.5 Å². The molecule has 136 valence electrons. The van der Waals surface area contributed by atoms with Crippen molar-refractivity contribution in [1.82, 2.24) is 0 Å². The van der Waals surface area contributed by atoms with Crippen molar-refractivity contribution in [1.29, 1.82) is 0 Å². The monoisotopic (exact) mass is 356 g/mol. The van der Waals surface area contributed by atoms with Crippen LogP contribution in [0.4, 0.5) is 0 Å². The summed E-state index contributed by atoms with van der Waals surface area (Å²) in [5.41, 5.74) is 2.37. The number of methoxy groups -OCH3 is 4. The van der Waals surface area contributed by atoms with Crippen molar-refractivity contribution in [3.63, 3.8) is 0 Å². The first-order valence-corrected chi connectivity index (χ1v) is 7.88. The highest BCUT2D eigenvalue weighted by molar-refractivity contribution is 5.82. The van der Waals surface area contributed by atoms with Crippen LogP contribution >= 0.6 is 0 Å². The summed E-state index contributed by atoms with van der Waals surface area (Å²) in [5, 5.41) is 10.1. The van der Waals surface area contributed by atoms with Gasteiger partial charge in [0.1, 0.15) is 5.76 Å². The fourth-order valence-electron chi connectivity index (χ4n) is 2.83. The van der Waals surface area contributed by atoms with E-state index in [2.05, 4.69) is 0 Å². The number of hydrogen-bond acceptors (Lipinski definition) is 6. The topological polar surface area (TPSA) is 70.3 Å². The number of phenolic OH excluding ortho intramolecular Hbond substituents is 1. The number of phenols is 1. The Morgan fingerprint density at radius 3 is 1.92 bits per heavy atom. The molecule has 0 aliphatic rings. The second-order valence-electron chi connectivity index (χ2n) is 5.46. The fourth-order valence-corrected chi connectivity index (χ4v) is 2.83. The quantitative estimate of drug-likeness (QED) is 0.708. The van der Waals surface area contributed by atoms with E-state index in [0.717, 1.165) is 16.7 Å². The van der Waals surface area contributed by atoms with Gasteiger partial charge in [-0.25, -0.2) is 0 Å². The molecule has 0 radical (unpaired) electrons. The zero-order chi connectivity index (χ0) is 18.7. The van der Waals surface area contributed by atoms with Crippen LogP contribution in [0.1, 0.15) is 0 Å². The lowest BCUT2D eigenvalue weighted by Gasteiger charge is -2.14. The number of benzene rings is 2. The zero-order valence-corrected chi connectivity index (χ0v) is 15.0. The van der Waals surface area contributed by atoms with Crippen LogP contribution in [-0.4, -0.2) is 33.5 Å². The average molecular weight is 356 g/mol. The summed E-state index contributed by atoms with van der Waals surface area (Å²) < 4.78 is 27.0. The highest BCUT2D eigenvalue weighted by Crippen LogP contribution is 2.44. The predicted octanol–water partition coefficient (Wildman–Crippen LogP) is 4.35. The third kappa shape index (κ3) is 3.01. The lowest BCUT2D eigenvalue weighted by Crippen LogP contribution is -1.95. The Balaban J connectivity index is 2.13. The van der Waals surface area contributed by atoms with Gasteiger partial charge in [0.05, 0.1) is 34.7 Å². The molecular weight excluding hydrogens is 336 g/mol. The van der Waals surface area contributed by atoms with Gasteiger partial charge in [-0.15, -0.1) is 0 Å². The van der Waals surface area contributed by atoms with Gasteiger partial charge in [0.2, 0.25) is 5.75 Å². The van der Waals surface area contributed by atoms with Crippen LogP contribution in [0.5, 0.6) is 28.7 Å².